The predicted octanol–water partition coefficient (Wildman–Crippen LogP) is 2.49. The molecule has 1 atom stereocenters. The van der Waals surface area contributed by atoms with Crippen LogP contribution in [0.25, 0.3) is 0 Å². The number of hydrogen-bond donors (Lipinski definition) is 1. The van der Waals surface area contributed by atoms with E-state index in [-0.39, 0.29) is 36.0 Å². The molecule has 1 aromatic rings. The molecular formula is C10H13Cl3NNaO3S. The first-order valence-corrected chi connectivity index (χ1v) is 7.60. The van der Waals surface area contributed by atoms with Crippen LogP contribution in [0.5, 0.6) is 0 Å². The first-order valence-electron chi connectivity index (χ1n) is 4.94. The summed E-state index contributed by atoms with van der Waals surface area (Å²) in [6.07, 6.45) is 0.247. The molecule has 104 valence electrons. The quantitative estimate of drug-likeness (QED) is 0.500. The van der Waals surface area contributed by atoms with Gasteiger partial charge in [-0.2, -0.15) is 8.42 Å². The normalized spacial score (nSPS) is 14.8. The summed E-state index contributed by atoms with van der Waals surface area (Å²) < 4.78 is 31.6. The Morgan fingerprint density at radius 2 is 1.74 bits per heavy atom. The Kier molecular flexibility index (Phi) is 8.22. The molecule has 0 saturated carbocycles. The fourth-order valence-electron chi connectivity index (χ4n) is 1.59. The predicted molar refractivity (Wildman–Crippen MR) is 80.7 cm³/mol. The standard InChI is InChI=1S/C10H12Cl3NO3S.Na.H/c1-10(14(12)13,7-18(15,16)17)6-8-2-4-9(11)5-3-8;;/h2-5H,6-7H2,1H3,(H,15,16,17);;. The van der Waals surface area contributed by atoms with Crippen molar-refractivity contribution in [1.82, 2.24) is 3.94 Å². The molecule has 1 rings (SSSR count). The van der Waals surface area contributed by atoms with Crippen molar-refractivity contribution in [1.29, 1.82) is 0 Å². The molecule has 0 heterocycles. The third kappa shape index (κ3) is 6.98. The van der Waals surface area contributed by atoms with Crippen molar-refractivity contribution < 1.29 is 13.0 Å². The summed E-state index contributed by atoms with van der Waals surface area (Å²) in [5, 5.41) is 0.573. The van der Waals surface area contributed by atoms with Crippen molar-refractivity contribution in [3.63, 3.8) is 0 Å². The topological polar surface area (TPSA) is 57.6 Å². The van der Waals surface area contributed by atoms with Gasteiger partial charge in [0.1, 0.15) is 0 Å². The third-order valence-electron chi connectivity index (χ3n) is 2.40. The second kappa shape index (κ2) is 7.82. The van der Waals surface area contributed by atoms with E-state index in [1.807, 2.05) is 0 Å². The van der Waals surface area contributed by atoms with Crippen LogP contribution in [0.1, 0.15) is 12.5 Å². The second-order valence-electron chi connectivity index (χ2n) is 4.26. The Balaban J connectivity index is 0.00000324. The maximum atomic E-state index is 11.0. The molecule has 0 aromatic heterocycles. The van der Waals surface area contributed by atoms with Gasteiger partial charge < -0.3 is 0 Å². The van der Waals surface area contributed by atoms with Crippen LogP contribution in [0.2, 0.25) is 5.02 Å². The summed E-state index contributed by atoms with van der Waals surface area (Å²) in [4.78, 5) is 0. The molecule has 0 aliphatic rings. The zero-order valence-corrected chi connectivity index (χ0v) is 12.6. The van der Waals surface area contributed by atoms with Crippen LogP contribution in [0.4, 0.5) is 0 Å². The van der Waals surface area contributed by atoms with Crippen molar-refractivity contribution in [3.8, 4) is 0 Å². The SMILES string of the molecule is CC(Cc1ccc(Cl)cc1)(CS(=O)(=O)O)N(Cl)Cl.[NaH]. The molecule has 0 aliphatic carbocycles. The van der Waals surface area contributed by atoms with Gasteiger partial charge >= 0.3 is 29.6 Å². The Hall–Kier alpha value is 0.960. The molecule has 0 fully saturated rings. The van der Waals surface area contributed by atoms with Gasteiger partial charge in [0.25, 0.3) is 10.1 Å². The minimum atomic E-state index is -4.19. The molecule has 0 bridgehead atoms. The average Bonchev–Trinajstić information content (AvgIpc) is 2.18. The van der Waals surface area contributed by atoms with Gasteiger partial charge in [0.05, 0.1) is 11.3 Å². The van der Waals surface area contributed by atoms with Crippen LogP contribution < -0.4 is 0 Å². The van der Waals surface area contributed by atoms with Crippen molar-refractivity contribution >= 4 is 74.8 Å². The molecule has 0 radical (unpaired) electrons. The molecule has 1 N–H and O–H groups in total. The fourth-order valence-corrected chi connectivity index (χ4v) is 3.12. The van der Waals surface area contributed by atoms with E-state index in [9.17, 15) is 8.42 Å². The van der Waals surface area contributed by atoms with Crippen molar-refractivity contribution in [3.05, 3.63) is 34.9 Å². The summed E-state index contributed by atoms with van der Waals surface area (Å²) in [6, 6.07) is 6.83. The Bertz CT molecular complexity index is 509. The fraction of sp³-hybridized carbons (Fsp3) is 0.400. The van der Waals surface area contributed by atoms with Crippen LogP contribution in [0.3, 0.4) is 0 Å². The third-order valence-corrected chi connectivity index (χ3v) is 4.45. The molecule has 0 aliphatic heterocycles. The molecule has 0 amide bonds. The van der Waals surface area contributed by atoms with E-state index in [0.717, 1.165) is 9.50 Å². The van der Waals surface area contributed by atoms with E-state index in [4.69, 9.17) is 39.7 Å². The van der Waals surface area contributed by atoms with E-state index < -0.39 is 21.4 Å². The number of rotatable bonds is 5. The number of benzene rings is 1. The number of halogens is 3. The summed E-state index contributed by atoms with van der Waals surface area (Å²) in [7, 11) is -4.19. The maximum absolute atomic E-state index is 11.0. The van der Waals surface area contributed by atoms with Crippen LogP contribution in [0, 0.1) is 0 Å². The van der Waals surface area contributed by atoms with Gasteiger partial charge in [-0.25, -0.2) is 0 Å². The zero-order valence-electron chi connectivity index (χ0n) is 9.48. The van der Waals surface area contributed by atoms with Crippen LogP contribution >= 0.6 is 35.2 Å². The van der Waals surface area contributed by atoms with E-state index in [1.54, 1.807) is 24.3 Å². The van der Waals surface area contributed by atoms with Crippen LogP contribution in [-0.4, -0.2) is 57.8 Å². The summed E-state index contributed by atoms with van der Waals surface area (Å²) >= 11 is 17.1. The van der Waals surface area contributed by atoms with Crippen molar-refractivity contribution in [2.75, 3.05) is 5.75 Å². The van der Waals surface area contributed by atoms with Crippen LogP contribution in [-0.2, 0) is 16.5 Å². The van der Waals surface area contributed by atoms with E-state index in [1.165, 1.54) is 6.92 Å². The van der Waals surface area contributed by atoms with E-state index in [0.29, 0.717) is 5.02 Å². The molecule has 0 spiro atoms. The molecule has 1 aromatic carbocycles. The van der Waals surface area contributed by atoms with Crippen LogP contribution in [0.15, 0.2) is 24.3 Å². The summed E-state index contributed by atoms with van der Waals surface area (Å²) in [6.45, 7) is 1.54. The number of nitrogens with zero attached hydrogens (tertiary/aromatic N) is 1. The Morgan fingerprint density at radius 3 is 2.11 bits per heavy atom. The van der Waals surface area contributed by atoms with Crippen molar-refractivity contribution in [2.45, 2.75) is 18.9 Å². The minimum absolute atomic E-state index is 0. The van der Waals surface area contributed by atoms with Gasteiger partial charge in [-0.05, 0) is 54.6 Å². The molecule has 0 saturated heterocycles. The first kappa shape index (κ1) is 20.0. The zero-order chi connectivity index (χ0) is 14.0. The second-order valence-corrected chi connectivity index (χ2v) is 7.00. The number of hydrogen-bond acceptors (Lipinski definition) is 3. The van der Waals surface area contributed by atoms with E-state index in [2.05, 4.69) is 0 Å². The van der Waals surface area contributed by atoms with Gasteiger partial charge in [-0.3, -0.25) is 4.55 Å². The van der Waals surface area contributed by atoms with Gasteiger partial charge in [-0.1, -0.05) is 23.7 Å². The van der Waals surface area contributed by atoms with E-state index >= 15 is 0 Å². The molecule has 4 nitrogen and oxygen atoms in total. The Morgan fingerprint density at radius 1 is 1.26 bits per heavy atom. The molecule has 1 unspecified atom stereocenters. The summed E-state index contributed by atoms with van der Waals surface area (Å²) in [5.41, 5.74) is -0.332. The molecule has 9 heteroatoms. The molecular weight excluding hydrogens is 344 g/mol. The van der Waals surface area contributed by atoms with Gasteiger partial charge in [0.2, 0.25) is 0 Å². The molecule has 19 heavy (non-hydrogen) atoms. The van der Waals surface area contributed by atoms with Gasteiger partial charge in [0, 0.05) is 5.02 Å². The van der Waals surface area contributed by atoms with Gasteiger partial charge in [0.15, 0.2) is 0 Å². The first-order chi connectivity index (χ1) is 8.12. The summed E-state index contributed by atoms with van der Waals surface area (Å²) in [5.74, 6) is -0.574. The monoisotopic (exact) mass is 355 g/mol. The van der Waals surface area contributed by atoms with Gasteiger partial charge in [-0.15, -0.1) is 3.94 Å². The Labute approximate surface area is 150 Å². The average molecular weight is 357 g/mol. The van der Waals surface area contributed by atoms with Crippen molar-refractivity contribution in [2.24, 2.45) is 0 Å².